The smallest absolute Gasteiger partial charge is 0.120 e. The van der Waals surface area contributed by atoms with Crippen molar-refractivity contribution in [2.24, 2.45) is 5.92 Å². The van der Waals surface area contributed by atoms with Crippen molar-refractivity contribution < 1.29 is 8.95 Å². The van der Waals surface area contributed by atoms with Crippen molar-refractivity contribution in [1.82, 2.24) is 0 Å². The standard InChI is InChI=1S/C13H21NO2S/c1-4-5-10(2)9-17(15)13-8-11(16-3)6-7-12(13)14/h6-8,10H,4-5,9,14H2,1-3H3. The summed E-state index contributed by atoms with van der Waals surface area (Å²) in [6.45, 7) is 4.26. The van der Waals surface area contributed by atoms with Gasteiger partial charge in [-0.05, 0) is 24.1 Å². The summed E-state index contributed by atoms with van der Waals surface area (Å²) in [7, 11) is 0.552. The fourth-order valence-corrected chi connectivity index (χ4v) is 3.20. The quantitative estimate of drug-likeness (QED) is 0.795. The highest BCUT2D eigenvalue weighted by Gasteiger charge is 2.13. The average Bonchev–Trinajstić information content (AvgIpc) is 2.29. The van der Waals surface area contributed by atoms with Crippen LogP contribution in [-0.4, -0.2) is 17.1 Å². The molecule has 96 valence electrons. The largest absolute Gasteiger partial charge is 0.497 e. The molecule has 2 N–H and O–H groups in total. The van der Waals surface area contributed by atoms with E-state index in [9.17, 15) is 4.21 Å². The molecule has 4 heteroatoms. The van der Waals surface area contributed by atoms with Gasteiger partial charge < -0.3 is 10.5 Å². The van der Waals surface area contributed by atoms with E-state index >= 15 is 0 Å². The first-order valence-electron chi connectivity index (χ1n) is 5.90. The third-order valence-electron chi connectivity index (χ3n) is 2.68. The Hall–Kier alpha value is -1.03. The molecule has 0 aromatic heterocycles. The summed E-state index contributed by atoms with van der Waals surface area (Å²) < 4.78 is 17.3. The second-order valence-electron chi connectivity index (χ2n) is 4.31. The van der Waals surface area contributed by atoms with Crippen LogP contribution < -0.4 is 10.5 Å². The molecule has 17 heavy (non-hydrogen) atoms. The predicted octanol–water partition coefficient (Wildman–Crippen LogP) is 2.82. The zero-order valence-corrected chi connectivity index (χ0v) is 11.5. The summed E-state index contributed by atoms with van der Waals surface area (Å²) in [4.78, 5) is 0.687. The third kappa shape index (κ3) is 4.04. The molecular weight excluding hydrogens is 234 g/mol. The van der Waals surface area contributed by atoms with Crippen molar-refractivity contribution in [1.29, 1.82) is 0 Å². The molecule has 0 saturated carbocycles. The number of anilines is 1. The van der Waals surface area contributed by atoms with Gasteiger partial charge in [0.15, 0.2) is 0 Å². The zero-order valence-electron chi connectivity index (χ0n) is 10.7. The van der Waals surface area contributed by atoms with Crippen LogP contribution >= 0.6 is 0 Å². The number of benzene rings is 1. The first kappa shape index (κ1) is 14.0. The molecule has 1 aromatic carbocycles. The van der Waals surface area contributed by atoms with Gasteiger partial charge in [-0.25, -0.2) is 0 Å². The van der Waals surface area contributed by atoms with Crippen molar-refractivity contribution in [2.45, 2.75) is 31.6 Å². The van der Waals surface area contributed by atoms with Gasteiger partial charge in [0, 0.05) is 11.4 Å². The highest BCUT2D eigenvalue weighted by atomic mass is 32.2. The molecule has 0 radical (unpaired) electrons. The lowest BCUT2D eigenvalue weighted by atomic mass is 10.1. The van der Waals surface area contributed by atoms with Gasteiger partial charge in [0.1, 0.15) is 5.75 Å². The van der Waals surface area contributed by atoms with Gasteiger partial charge in [-0.2, -0.15) is 0 Å². The maximum absolute atomic E-state index is 12.2. The number of ether oxygens (including phenoxy) is 1. The van der Waals surface area contributed by atoms with E-state index in [0.29, 0.717) is 28.0 Å². The first-order valence-corrected chi connectivity index (χ1v) is 7.22. The predicted molar refractivity (Wildman–Crippen MR) is 72.8 cm³/mol. The van der Waals surface area contributed by atoms with Crippen LogP contribution in [0.25, 0.3) is 0 Å². The number of nitrogen functional groups attached to an aromatic ring is 1. The van der Waals surface area contributed by atoms with Crippen LogP contribution in [0.5, 0.6) is 5.75 Å². The summed E-state index contributed by atoms with van der Waals surface area (Å²) in [5.41, 5.74) is 6.42. The van der Waals surface area contributed by atoms with Crippen molar-refractivity contribution in [3.63, 3.8) is 0 Å². The van der Waals surface area contributed by atoms with Crippen molar-refractivity contribution >= 4 is 16.5 Å². The molecule has 0 heterocycles. The summed E-state index contributed by atoms with van der Waals surface area (Å²) >= 11 is 0. The van der Waals surface area contributed by atoms with Gasteiger partial charge in [-0.15, -0.1) is 0 Å². The van der Waals surface area contributed by atoms with Gasteiger partial charge in [0.2, 0.25) is 0 Å². The molecule has 0 aliphatic carbocycles. The van der Waals surface area contributed by atoms with Crippen LogP contribution in [0.3, 0.4) is 0 Å². The molecule has 1 rings (SSSR count). The average molecular weight is 255 g/mol. The van der Waals surface area contributed by atoms with Crippen molar-refractivity contribution in [3.05, 3.63) is 18.2 Å². The Kier molecular flexibility index (Phi) is 5.48. The van der Waals surface area contributed by atoms with Gasteiger partial charge in [-0.3, -0.25) is 4.21 Å². The summed E-state index contributed by atoms with van der Waals surface area (Å²) in [6.07, 6.45) is 2.21. The van der Waals surface area contributed by atoms with E-state index < -0.39 is 10.8 Å². The van der Waals surface area contributed by atoms with E-state index in [1.807, 2.05) is 0 Å². The Morgan fingerprint density at radius 2 is 2.18 bits per heavy atom. The monoisotopic (exact) mass is 255 g/mol. The highest BCUT2D eigenvalue weighted by Crippen LogP contribution is 2.24. The lowest BCUT2D eigenvalue weighted by Crippen LogP contribution is -2.09. The summed E-state index contributed by atoms with van der Waals surface area (Å²) in [5.74, 6) is 1.81. The zero-order chi connectivity index (χ0) is 12.8. The number of rotatable bonds is 6. The van der Waals surface area contributed by atoms with Crippen molar-refractivity contribution in [3.8, 4) is 5.75 Å². The Morgan fingerprint density at radius 1 is 1.47 bits per heavy atom. The minimum absolute atomic E-state index is 0.450. The highest BCUT2D eigenvalue weighted by molar-refractivity contribution is 7.85. The topological polar surface area (TPSA) is 52.3 Å². The van der Waals surface area contributed by atoms with Crippen LogP contribution in [0, 0.1) is 5.92 Å². The molecule has 0 fully saturated rings. The Balaban J connectivity index is 2.80. The van der Waals surface area contributed by atoms with E-state index in [1.54, 1.807) is 25.3 Å². The maximum Gasteiger partial charge on any atom is 0.120 e. The van der Waals surface area contributed by atoms with Crippen molar-refractivity contribution in [2.75, 3.05) is 18.6 Å². The van der Waals surface area contributed by atoms with Gasteiger partial charge in [0.25, 0.3) is 0 Å². The van der Waals surface area contributed by atoms with Gasteiger partial charge >= 0.3 is 0 Å². The second-order valence-corrected chi connectivity index (χ2v) is 5.77. The minimum atomic E-state index is -1.04. The molecule has 0 aliphatic rings. The number of hydrogen-bond donors (Lipinski definition) is 1. The molecule has 1 aromatic rings. The number of nitrogens with two attached hydrogens (primary N) is 1. The Morgan fingerprint density at radius 3 is 2.76 bits per heavy atom. The maximum atomic E-state index is 12.2. The number of hydrogen-bond acceptors (Lipinski definition) is 3. The molecule has 0 amide bonds. The fraction of sp³-hybridized carbons (Fsp3) is 0.538. The Bertz CT molecular complexity index is 393. The molecule has 3 nitrogen and oxygen atoms in total. The minimum Gasteiger partial charge on any atom is -0.497 e. The molecular formula is C13H21NO2S. The van der Waals surface area contributed by atoms with Crippen LogP contribution in [0.1, 0.15) is 26.7 Å². The Labute approximate surface area is 106 Å². The molecule has 0 aliphatic heterocycles. The lowest BCUT2D eigenvalue weighted by molar-refractivity contribution is 0.413. The van der Waals surface area contributed by atoms with Crippen LogP contribution in [-0.2, 0) is 10.8 Å². The normalized spacial score (nSPS) is 14.3. The van der Waals surface area contributed by atoms with E-state index in [0.717, 1.165) is 12.8 Å². The SMILES string of the molecule is CCCC(C)CS(=O)c1cc(OC)ccc1N. The second kappa shape index (κ2) is 6.64. The van der Waals surface area contributed by atoms with E-state index in [2.05, 4.69) is 13.8 Å². The fourth-order valence-electron chi connectivity index (χ4n) is 1.76. The molecule has 0 bridgehead atoms. The summed E-state index contributed by atoms with van der Waals surface area (Å²) in [5, 5.41) is 0. The molecule has 0 saturated heterocycles. The van der Waals surface area contributed by atoms with E-state index in [-0.39, 0.29) is 0 Å². The van der Waals surface area contributed by atoms with Gasteiger partial charge in [0.05, 0.1) is 22.8 Å². The lowest BCUT2D eigenvalue weighted by Gasteiger charge is -2.12. The molecule has 2 atom stereocenters. The van der Waals surface area contributed by atoms with E-state index in [1.165, 1.54) is 0 Å². The third-order valence-corrected chi connectivity index (χ3v) is 4.40. The number of methoxy groups -OCH3 is 1. The van der Waals surface area contributed by atoms with Crippen LogP contribution in [0.15, 0.2) is 23.1 Å². The summed E-state index contributed by atoms with van der Waals surface area (Å²) in [6, 6.07) is 5.30. The van der Waals surface area contributed by atoms with Gasteiger partial charge in [-0.1, -0.05) is 26.7 Å². The molecule has 2 unspecified atom stereocenters. The van der Waals surface area contributed by atoms with E-state index in [4.69, 9.17) is 10.5 Å². The first-order chi connectivity index (χ1) is 8.08. The van der Waals surface area contributed by atoms with Crippen LogP contribution in [0.2, 0.25) is 0 Å². The molecule has 0 spiro atoms. The van der Waals surface area contributed by atoms with Crippen LogP contribution in [0.4, 0.5) is 5.69 Å².